The molecule has 6 nitrogen and oxygen atoms in total. The standard InChI is InChI=1S/C19H20N2O4/c1-12-15(18(22)24-3)17(14-8-5-4-6-9-14)16(13(2)21-12)19(23)25-11-7-10-20/h4-6,8-9,17,21H,7,11H2,1-3H3. The summed E-state index contributed by atoms with van der Waals surface area (Å²) in [7, 11) is 1.31. The van der Waals surface area contributed by atoms with Gasteiger partial charge in [-0.2, -0.15) is 5.26 Å². The molecular weight excluding hydrogens is 320 g/mol. The van der Waals surface area contributed by atoms with Gasteiger partial charge < -0.3 is 14.8 Å². The lowest BCUT2D eigenvalue weighted by Gasteiger charge is -2.30. The Morgan fingerprint density at radius 3 is 2.28 bits per heavy atom. The van der Waals surface area contributed by atoms with E-state index in [0.717, 1.165) is 5.56 Å². The summed E-state index contributed by atoms with van der Waals surface area (Å²) >= 11 is 0. The quantitative estimate of drug-likeness (QED) is 0.654. The van der Waals surface area contributed by atoms with Gasteiger partial charge in [0.1, 0.15) is 6.61 Å². The number of nitriles is 1. The van der Waals surface area contributed by atoms with Crippen LogP contribution >= 0.6 is 0 Å². The first-order valence-corrected chi connectivity index (χ1v) is 7.87. The maximum absolute atomic E-state index is 12.6. The van der Waals surface area contributed by atoms with Gasteiger partial charge >= 0.3 is 11.9 Å². The molecule has 1 atom stereocenters. The van der Waals surface area contributed by atoms with Gasteiger partial charge in [0.25, 0.3) is 0 Å². The fourth-order valence-corrected chi connectivity index (χ4v) is 2.89. The number of allylic oxidation sites excluding steroid dienone is 2. The number of rotatable bonds is 5. The van der Waals surface area contributed by atoms with Gasteiger partial charge in [-0.3, -0.25) is 0 Å². The summed E-state index contributed by atoms with van der Waals surface area (Å²) in [5, 5.41) is 11.7. The number of carbonyl (C=O) groups excluding carboxylic acids is 2. The molecule has 1 aromatic rings. The number of esters is 2. The number of hydrogen-bond acceptors (Lipinski definition) is 6. The van der Waals surface area contributed by atoms with Gasteiger partial charge in [0.05, 0.1) is 36.7 Å². The average Bonchev–Trinajstić information content (AvgIpc) is 2.61. The Morgan fingerprint density at radius 1 is 1.12 bits per heavy atom. The molecule has 0 spiro atoms. The van der Waals surface area contributed by atoms with Crippen LogP contribution in [0.4, 0.5) is 0 Å². The normalized spacial score (nSPS) is 16.8. The molecule has 0 aromatic heterocycles. The maximum Gasteiger partial charge on any atom is 0.336 e. The molecule has 130 valence electrons. The van der Waals surface area contributed by atoms with Crippen LogP contribution in [0.1, 0.15) is 31.7 Å². The largest absolute Gasteiger partial charge is 0.466 e. The lowest BCUT2D eigenvalue weighted by atomic mass is 9.80. The zero-order valence-corrected chi connectivity index (χ0v) is 14.5. The molecule has 1 N–H and O–H groups in total. The summed E-state index contributed by atoms with van der Waals surface area (Å²) in [6.07, 6.45) is 0.111. The van der Waals surface area contributed by atoms with Crippen LogP contribution in [0.25, 0.3) is 0 Å². The van der Waals surface area contributed by atoms with Crippen LogP contribution in [-0.2, 0) is 19.1 Å². The van der Waals surface area contributed by atoms with Crippen molar-refractivity contribution in [3.8, 4) is 6.07 Å². The highest BCUT2D eigenvalue weighted by Crippen LogP contribution is 2.38. The molecule has 0 bridgehead atoms. The van der Waals surface area contributed by atoms with E-state index in [0.29, 0.717) is 22.5 Å². The van der Waals surface area contributed by atoms with Crippen molar-refractivity contribution in [2.45, 2.75) is 26.2 Å². The van der Waals surface area contributed by atoms with Crippen LogP contribution in [0.2, 0.25) is 0 Å². The van der Waals surface area contributed by atoms with E-state index in [9.17, 15) is 9.59 Å². The van der Waals surface area contributed by atoms with E-state index in [1.807, 2.05) is 36.4 Å². The minimum absolute atomic E-state index is 0.00385. The maximum atomic E-state index is 12.6. The molecule has 1 unspecified atom stereocenters. The Morgan fingerprint density at radius 2 is 1.72 bits per heavy atom. The Labute approximate surface area is 146 Å². The fraction of sp³-hybridized carbons (Fsp3) is 0.316. The van der Waals surface area contributed by atoms with Crippen molar-refractivity contribution < 1.29 is 19.1 Å². The Bertz CT molecular complexity index is 772. The van der Waals surface area contributed by atoms with Crippen LogP contribution in [0.5, 0.6) is 0 Å². The highest BCUT2D eigenvalue weighted by atomic mass is 16.5. The predicted octanol–water partition coefficient (Wildman–Crippen LogP) is 2.55. The first-order valence-electron chi connectivity index (χ1n) is 7.87. The van der Waals surface area contributed by atoms with Crippen LogP contribution < -0.4 is 5.32 Å². The van der Waals surface area contributed by atoms with Crippen molar-refractivity contribution in [2.24, 2.45) is 0 Å². The first kappa shape index (κ1) is 18.3. The number of benzene rings is 1. The van der Waals surface area contributed by atoms with E-state index in [1.54, 1.807) is 13.8 Å². The molecule has 0 aliphatic carbocycles. The monoisotopic (exact) mass is 340 g/mol. The second-order valence-corrected chi connectivity index (χ2v) is 5.58. The lowest BCUT2D eigenvalue weighted by Crippen LogP contribution is -2.32. The van der Waals surface area contributed by atoms with Gasteiger partial charge in [-0.15, -0.1) is 0 Å². The molecule has 0 saturated carbocycles. The third-order valence-corrected chi connectivity index (χ3v) is 3.97. The number of methoxy groups -OCH3 is 1. The Balaban J connectivity index is 2.51. The van der Waals surface area contributed by atoms with Gasteiger partial charge in [0.15, 0.2) is 0 Å². The third kappa shape index (κ3) is 3.89. The SMILES string of the molecule is COC(=O)C1=C(C)NC(C)=C(C(=O)OCCC#N)C1c1ccccc1. The smallest absolute Gasteiger partial charge is 0.336 e. The van der Waals surface area contributed by atoms with Gasteiger partial charge in [-0.25, -0.2) is 9.59 Å². The van der Waals surface area contributed by atoms with E-state index in [1.165, 1.54) is 7.11 Å². The fourth-order valence-electron chi connectivity index (χ4n) is 2.89. The summed E-state index contributed by atoms with van der Waals surface area (Å²) in [5.74, 6) is -1.65. The van der Waals surface area contributed by atoms with Gasteiger partial charge in [0.2, 0.25) is 0 Å². The lowest BCUT2D eigenvalue weighted by molar-refractivity contribution is -0.139. The predicted molar refractivity (Wildman–Crippen MR) is 90.9 cm³/mol. The summed E-state index contributed by atoms with van der Waals surface area (Å²) in [6, 6.07) is 11.2. The molecule has 2 rings (SSSR count). The van der Waals surface area contributed by atoms with Crippen molar-refractivity contribution in [3.05, 3.63) is 58.4 Å². The number of ether oxygens (including phenoxy) is 2. The molecule has 1 aliphatic rings. The Kier molecular flexibility index (Phi) is 5.96. The summed E-state index contributed by atoms with van der Waals surface area (Å²) in [5.41, 5.74) is 2.74. The number of hydrogen-bond donors (Lipinski definition) is 1. The summed E-state index contributed by atoms with van der Waals surface area (Å²) in [4.78, 5) is 25.0. The van der Waals surface area contributed by atoms with Crippen molar-refractivity contribution in [2.75, 3.05) is 13.7 Å². The molecular formula is C19H20N2O4. The van der Waals surface area contributed by atoms with Crippen molar-refractivity contribution in [1.29, 1.82) is 5.26 Å². The zero-order valence-electron chi connectivity index (χ0n) is 14.5. The molecule has 1 aliphatic heterocycles. The number of dihydropyridines is 1. The van der Waals surface area contributed by atoms with E-state index in [-0.39, 0.29) is 13.0 Å². The van der Waals surface area contributed by atoms with Gasteiger partial charge in [-0.05, 0) is 19.4 Å². The number of nitrogens with one attached hydrogen (secondary N) is 1. The Hall–Kier alpha value is -3.07. The minimum atomic E-state index is -0.593. The summed E-state index contributed by atoms with van der Waals surface area (Å²) in [6.45, 7) is 3.53. The van der Waals surface area contributed by atoms with E-state index in [4.69, 9.17) is 14.7 Å². The average molecular weight is 340 g/mol. The molecule has 25 heavy (non-hydrogen) atoms. The second-order valence-electron chi connectivity index (χ2n) is 5.58. The molecule has 1 heterocycles. The first-order chi connectivity index (χ1) is 12.0. The van der Waals surface area contributed by atoms with Crippen LogP contribution in [0, 0.1) is 11.3 Å². The zero-order chi connectivity index (χ0) is 18.4. The molecule has 6 heteroatoms. The highest BCUT2D eigenvalue weighted by Gasteiger charge is 2.37. The highest BCUT2D eigenvalue weighted by molar-refractivity contribution is 5.99. The van der Waals surface area contributed by atoms with E-state index in [2.05, 4.69) is 5.32 Å². The van der Waals surface area contributed by atoms with Crippen LogP contribution in [0.15, 0.2) is 52.9 Å². The third-order valence-electron chi connectivity index (χ3n) is 3.97. The van der Waals surface area contributed by atoms with Crippen molar-refractivity contribution in [1.82, 2.24) is 5.32 Å². The molecule has 1 aromatic carbocycles. The molecule has 0 amide bonds. The van der Waals surface area contributed by atoms with Gasteiger partial charge in [0, 0.05) is 11.4 Å². The van der Waals surface area contributed by atoms with E-state index >= 15 is 0 Å². The van der Waals surface area contributed by atoms with Crippen LogP contribution in [-0.4, -0.2) is 25.7 Å². The minimum Gasteiger partial charge on any atom is -0.466 e. The van der Waals surface area contributed by atoms with Crippen molar-refractivity contribution >= 4 is 11.9 Å². The summed E-state index contributed by atoms with van der Waals surface area (Å²) < 4.78 is 10.1. The van der Waals surface area contributed by atoms with Crippen LogP contribution in [0.3, 0.4) is 0 Å². The van der Waals surface area contributed by atoms with E-state index < -0.39 is 17.9 Å². The number of carbonyl (C=O) groups is 2. The molecule has 0 saturated heterocycles. The molecule has 0 radical (unpaired) electrons. The second kappa shape index (κ2) is 8.15. The van der Waals surface area contributed by atoms with Gasteiger partial charge in [-0.1, -0.05) is 30.3 Å². The topological polar surface area (TPSA) is 88.4 Å². The molecule has 0 fully saturated rings. The number of nitrogens with zero attached hydrogens (tertiary/aromatic N) is 1. The van der Waals surface area contributed by atoms with Crippen molar-refractivity contribution in [3.63, 3.8) is 0 Å².